The van der Waals surface area contributed by atoms with Gasteiger partial charge in [0.15, 0.2) is 11.6 Å². The maximum absolute atomic E-state index is 5.31. The number of hydrogen-bond donors (Lipinski definition) is 1. The molecule has 0 bridgehead atoms. The van der Waals surface area contributed by atoms with Gasteiger partial charge in [0.1, 0.15) is 0 Å². The summed E-state index contributed by atoms with van der Waals surface area (Å²) in [4.78, 5) is 4.35. The molecule has 3 nitrogen and oxygen atoms in total. The number of rotatable bonds is 4. The van der Waals surface area contributed by atoms with E-state index in [4.69, 9.17) is 4.74 Å². The number of ether oxygens (including phenoxy) is 1. The van der Waals surface area contributed by atoms with Crippen LogP contribution >= 0.6 is 0 Å². The van der Waals surface area contributed by atoms with Gasteiger partial charge >= 0.3 is 0 Å². The van der Waals surface area contributed by atoms with Crippen LogP contribution in [0.3, 0.4) is 0 Å². The fourth-order valence-electron chi connectivity index (χ4n) is 2.63. The lowest BCUT2D eigenvalue weighted by atomic mass is 9.84. The third kappa shape index (κ3) is 3.11. The second-order valence-corrected chi connectivity index (χ2v) is 4.89. The van der Waals surface area contributed by atoms with Gasteiger partial charge in [-0.3, -0.25) is 0 Å². The van der Waals surface area contributed by atoms with Crippen LogP contribution in [0.25, 0.3) is 0 Å². The predicted molar refractivity (Wildman–Crippen MR) is 70.4 cm³/mol. The van der Waals surface area contributed by atoms with Gasteiger partial charge in [-0.25, -0.2) is 4.98 Å². The second kappa shape index (κ2) is 5.89. The lowest BCUT2D eigenvalue weighted by molar-refractivity contribution is 0.327. The smallest absolute Gasteiger partial charge is 0.168 e. The van der Waals surface area contributed by atoms with Crippen molar-refractivity contribution in [3.63, 3.8) is 0 Å². The van der Waals surface area contributed by atoms with Gasteiger partial charge < -0.3 is 10.1 Å². The standard InChI is InChI=1S/C14H22N2O/c1-11(12-7-4-3-5-8-12)16-14-13(17-2)9-6-10-15-14/h6,9-12H,3-5,7-8H2,1-2H3,(H,15,16). The summed E-state index contributed by atoms with van der Waals surface area (Å²) in [5, 5.41) is 3.50. The summed E-state index contributed by atoms with van der Waals surface area (Å²) in [5.74, 6) is 2.47. The Hall–Kier alpha value is -1.25. The van der Waals surface area contributed by atoms with Crippen LogP contribution in [0.5, 0.6) is 5.75 Å². The van der Waals surface area contributed by atoms with E-state index < -0.39 is 0 Å². The Labute approximate surface area is 104 Å². The molecular formula is C14H22N2O. The van der Waals surface area contributed by atoms with Crippen molar-refractivity contribution in [1.82, 2.24) is 4.98 Å². The molecule has 0 radical (unpaired) electrons. The summed E-state index contributed by atoms with van der Waals surface area (Å²) in [6.07, 6.45) is 8.62. The van der Waals surface area contributed by atoms with Crippen molar-refractivity contribution < 1.29 is 4.74 Å². The molecule has 17 heavy (non-hydrogen) atoms. The van der Waals surface area contributed by atoms with E-state index in [1.807, 2.05) is 12.1 Å². The second-order valence-electron chi connectivity index (χ2n) is 4.89. The Morgan fingerprint density at radius 3 is 2.82 bits per heavy atom. The largest absolute Gasteiger partial charge is 0.493 e. The van der Waals surface area contributed by atoms with Crippen molar-refractivity contribution in [2.45, 2.75) is 45.1 Å². The molecule has 1 aliphatic carbocycles. The van der Waals surface area contributed by atoms with Crippen LogP contribution in [0.1, 0.15) is 39.0 Å². The van der Waals surface area contributed by atoms with Gasteiger partial charge in [0.2, 0.25) is 0 Å². The Bertz CT molecular complexity index is 348. The van der Waals surface area contributed by atoms with Crippen molar-refractivity contribution in [2.24, 2.45) is 5.92 Å². The molecule has 1 aliphatic rings. The number of pyridine rings is 1. The van der Waals surface area contributed by atoms with Gasteiger partial charge in [0, 0.05) is 12.2 Å². The topological polar surface area (TPSA) is 34.1 Å². The molecule has 0 aromatic carbocycles. The van der Waals surface area contributed by atoms with Crippen LogP contribution in [0.15, 0.2) is 18.3 Å². The van der Waals surface area contributed by atoms with Crippen LogP contribution < -0.4 is 10.1 Å². The van der Waals surface area contributed by atoms with Crippen molar-refractivity contribution in [2.75, 3.05) is 12.4 Å². The van der Waals surface area contributed by atoms with Crippen molar-refractivity contribution in [3.8, 4) is 5.75 Å². The summed E-state index contributed by atoms with van der Waals surface area (Å²) in [7, 11) is 1.69. The van der Waals surface area contributed by atoms with E-state index in [0.717, 1.165) is 17.5 Å². The lowest BCUT2D eigenvalue weighted by Gasteiger charge is -2.28. The number of anilines is 1. The molecule has 1 aromatic rings. The maximum atomic E-state index is 5.31. The molecule has 1 saturated carbocycles. The average molecular weight is 234 g/mol. The van der Waals surface area contributed by atoms with E-state index in [-0.39, 0.29) is 0 Å². The highest BCUT2D eigenvalue weighted by Gasteiger charge is 2.20. The van der Waals surface area contributed by atoms with Crippen LogP contribution in [0, 0.1) is 5.92 Å². The fourth-order valence-corrected chi connectivity index (χ4v) is 2.63. The summed E-state index contributed by atoms with van der Waals surface area (Å²) in [5.41, 5.74) is 0. The van der Waals surface area contributed by atoms with E-state index in [2.05, 4.69) is 17.2 Å². The minimum atomic E-state index is 0.471. The van der Waals surface area contributed by atoms with Crippen molar-refractivity contribution >= 4 is 5.82 Å². The molecule has 1 heterocycles. The maximum Gasteiger partial charge on any atom is 0.168 e. The molecule has 1 atom stereocenters. The number of nitrogens with one attached hydrogen (secondary N) is 1. The summed E-state index contributed by atoms with van der Waals surface area (Å²) in [6.45, 7) is 2.25. The molecule has 2 rings (SSSR count). The first-order valence-corrected chi connectivity index (χ1v) is 6.57. The zero-order valence-corrected chi connectivity index (χ0v) is 10.8. The molecule has 0 saturated heterocycles. The highest BCUT2D eigenvalue weighted by molar-refractivity contribution is 5.50. The number of aromatic nitrogens is 1. The Balaban J connectivity index is 1.99. The first kappa shape index (κ1) is 12.2. The van der Waals surface area contributed by atoms with Gasteiger partial charge in [-0.15, -0.1) is 0 Å². The van der Waals surface area contributed by atoms with Crippen molar-refractivity contribution in [1.29, 1.82) is 0 Å². The molecule has 3 heteroatoms. The third-order valence-electron chi connectivity index (χ3n) is 3.71. The monoisotopic (exact) mass is 234 g/mol. The lowest BCUT2D eigenvalue weighted by Crippen LogP contribution is -2.28. The van der Waals surface area contributed by atoms with Gasteiger partial charge in [-0.05, 0) is 37.8 Å². The number of methoxy groups -OCH3 is 1. The van der Waals surface area contributed by atoms with Gasteiger partial charge in [0.25, 0.3) is 0 Å². The minimum absolute atomic E-state index is 0.471. The Morgan fingerprint density at radius 2 is 2.12 bits per heavy atom. The first-order valence-electron chi connectivity index (χ1n) is 6.57. The predicted octanol–water partition coefficient (Wildman–Crippen LogP) is 3.47. The Kier molecular flexibility index (Phi) is 4.24. The average Bonchev–Trinajstić information content (AvgIpc) is 2.40. The number of hydrogen-bond acceptors (Lipinski definition) is 3. The highest BCUT2D eigenvalue weighted by Crippen LogP contribution is 2.29. The van der Waals surface area contributed by atoms with Gasteiger partial charge in [-0.2, -0.15) is 0 Å². The van der Waals surface area contributed by atoms with Gasteiger partial charge in [-0.1, -0.05) is 19.3 Å². The van der Waals surface area contributed by atoms with E-state index in [1.165, 1.54) is 32.1 Å². The quantitative estimate of drug-likeness (QED) is 0.866. The Morgan fingerprint density at radius 1 is 1.35 bits per heavy atom. The van der Waals surface area contributed by atoms with Crippen LogP contribution in [-0.4, -0.2) is 18.1 Å². The molecule has 1 unspecified atom stereocenters. The van der Waals surface area contributed by atoms with E-state index in [0.29, 0.717) is 6.04 Å². The zero-order chi connectivity index (χ0) is 12.1. The first-order chi connectivity index (χ1) is 8.31. The SMILES string of the molecule is COc1cccnc1NC(C)C1CCCCC1. The summed E-state index contributed by atoms with van der Waals surface area (Å²) in [6, 6.07) is 4.32. The molecule has 0 spiro atoms. The molecule has 94 valence electrons. The van der Waals surface area contributed by atoms with Crippen LogP contribution in [-0.2, 0) is 0 Å². The summed E-state index contributed by atoms with van der Waals surface area (Å²) >= 11 is 0. The molecular weight excluding hydrogens is 212 g/mol. The third-order valence-corrected chi connectivity index (χ3v) is 3.71. The van der Waals surface area contributed by atoms with Crippen LogP contribution in [0.2, 0.25) is 0 Å². The zero-order valence-electron chi connectivity index (χ0n) is 10.8. The molecule has 0 aliphatic heterocycles. The molecule has 1 N–H and O–H groups in total. The van der Waals surface area contributed by atoms with E-state index in [1.54, 1.807) is 13.3 Å². The minimum Gasteiger partial charge on any atom is -0.493 e. The number of nitrogens with zero attached hydrogens (tertiary/aromatic N) is 1. The van der Waals surface area contributed by atoms with Crippen molar-refractivity contribution in [3.05, 3.63) is 18.3 Å². The van der Waals surface area contributed by atoms with E-state index in [9.17, 15) is 0 Å². The molecule has 1 aromatic heterocycles. The van der Waals surface area contributed by atoms with Gasteiger partial charge in [0.05, 0.1) is 7.11 Å². The van der Waals surface area contributed by atoms with E-state index >= 15 is 0 Å². The molecule has 1 fully saturated rings. The molecule has 0 amide bonds. The van der Waals surface area contributed by atoms with Crippen LogP contribution in [0.4, 0.5) is 5.82 Å². The fraction of sp³-hybridized carbons (Fsp3) is 0.643. The normalized spacial score (nSPS) is 18.7. The highest BCUT2D eigenvalue weighted by atomic mass is 16.5. The summed E-state index contributed by atoms with van der Waals surface area (Å²) < 4.78 is 5.31.